The van der Waals surface area contributed by atoms with E-state index in [1.54, 1.807) is 23.1 Å². The molecule has 1 heterocycles. The molecule has 28 heavy (non-hydrogen) atoms. The fourth-order valence-corrected chi connectivity index (χ4v) is 3.32. The summed E-state index contributed by atoms with van der Waals surface area (Å²) in [5.74, 6) is -0.391. The van der Waals surface area contributed by atoms with Crippen LogP contribution in [0, 0.1) is 5.82 Å². The minimum Gasteiger partial charge on any atom is -0.309 e. The molecule has 4 rings (SSSR count). The minimum absolute atomic E-state index is 0.0874. The standard InChI is InChI=1S/C24H19FN2O/c1-2-27(19-8-4-3-5-9-19)24(28)21-16-23(17-12-14-18(25)15-13-17)26-22-11-7-6-10-20(21)22/h3-16H,2H2,1H3. The SMILES string of the molecule is CCN(C(=O)c1cc(-c2ccc(F)cc2)nc2ccccc12)c1ccccc1. The molecule has 0 spiro atoms. The first kappa shape index (κ1) is 17.9. The predicted octanol–water partition coefficient (Wildman–Crippen LogP) is 5.71. The van der Waals surface area contributed by atoms with Crippen molar-refractivity contribution < 1.29 is 9.18 Å². The average Bonchev–Trinajstić information content (AvgIpc) is 2.74. The van der Waals surface area contributed by atoms with Gasteiger partial charge in [0.2, 0.25) is 0 Å². The molecule has 0 fully saturated rings. The quantitative estimate of drug-likeness (QED) is 0.461. The molecule has 0 aliphatic carbocycles. The summed E-state index contributed by atoms with van der Waals surface area (Å²) in [7, 11) is 0. The third kappa shape index (κ3) is 3.37. The second kappa shape index (κ2) is 7.61. The maximum Gasteiger partial charge on any atom is 0.259 e. The van der Waals surface area contributed by atoms with Crippen LogP contribution in [-0.2, 0) is 0 Å². The van der Waals surface area contributed by atoms with Crippen LogP contribution in [0.2, 0.25) is 0 Å². The van der Waals surface area contributed by atoms with E-state index in [9.17, 15) is 9.18 Å². The van der Waals surface area contributed by atoms with Crippen LogP contribution in [0.4, 0.5) is 10.1 Å². The first-order valence-corrected chi connectivity index (χ1v) is 9.20. The topological polar surface area (TPSA) is 33.2 Å². The van der Waals surface area contributed by atoms with E-state index in [2.05, 4.69) is 4.98 Å². The molecule has 3 nitrogen and oxygen atoms in total. The number of fused-ring (bicyclic) bond motifs is 1. The molecule has 1 amide bonds. The van der Waals surface area contributed by atoms with Gasteiger partial charge in [-0.1, -0.05) is 36.4 Å². The third-order valence-electron chi connectivity index (χ3n) is 4.72. The van der Waals surface area contributed by atoms with Crippen molar-refractivity contribution in [2.24, 2.45) is 0 Å². The summed E-state index contributed by atoms with van der Waals surface area (Å²) in [6.45, 7) is 2.50. The van der Waals surface area contributed by atoms with Gasteiger partial charge in [-0.25, -0.2) is 9.37 Å². The lowest BCUT2D eigenvalue weighted by Gasteiger charge is -2.22. The molecule has 0 bridgehead atoms. The van der Waals surface area contributed by atoms with Gasteiger partial charge in [0.05, 0.1) is 16.8 Å². The van der Waals surface area contributed by atoms with Crippen molar-refractivity contribution in [2.75, 3.05) is 11.4 Å². The van der Waals surface area contributed by atoms with Gasteiger partial charge in [-0.2, -0.15) is 0 Å². The van der Waals surface area contributed by atoms with Gasteiger partial charge >= 0.3 is 0 Å². The van der Waals surface area contributed by atoms with E-state index >= 15 is 0 Å². The maximum atomic E-state index is 13.5. The lowest BCUT2D eigenvalue weighted by atomic mass is 10.0. The zero-order valence-electron chi connectivity index (χ0n) is 15.5. The maximum absolute atomic E-state index is 13.5. The fourth-order valence-electron chi connectivity index (χ4n) is 3.32. The fraction of sp³-hybridized carbons (Fsp3) is 0.0833. The van der Waals surface area contributed by atoms with Crippen LogP contribution in [0.3, 0.4) is 0 Å². The van der Waals surface area contributed by atoms with Crippen molar-refractivity contribution in [3.63, 3.8) is 0 Å². The number of hydrogen-bond acceptors (Lipinski definition) is 2. The van der Waals surface area contributed by atoms with Crippen molar-refractivity contribution in [1.29, 1.82) is 0 Å². The molecule has 4 aromatic rings. The molecule has 0 aliphatic rings. The lowest BCUT2D eigenvalue weighted by Crippen LogP contribution is -2.30. The number of benzene rings is 3. The Morgan fingerprint density at radius 1 is 0.929 bits per heavy atom. The van der Waals surface area contributed by atoms with Crippen LogP contribution in [0.15, 0.2) is 84.9 Å². The monoisotopic (exact) mass is 370 g/mol. The van der Waals surface area contributed by atoms with Crippen molar-refractivity contribution in [3.05, 3.63) is 96.3 Å². The number of aromatic nitrogens is 1. The Kier molecular flexibility index (Phi) is 4.85. The molecule has 0 saturated heterocycles. The zero-order chi connectivity index (χ0) is 19.5. The Morgan fingerprint density at radius 3 is 2.32 bits per heavy atom. The first-order valence-electron chi connectivity index (χ1n) is 9.20. The van der Waals surface area contributed by atoms with Gasteiger partial charge < -0.3 is 4.90 Å². The molecule has 0 atom stereocenters. The molecule has 1 aromatic heterocycles. The number of hydrogen-bond donors (Lipinski definition) is 0. The number of rotatable bonds is 4. The highest BCUT2D eigenvalue weighted by atomic mass is 19.1. The molecule has 0 radical (unpaired) electrons. The Hall–Kier alpha value is -3.53. The molecule has 0 unspecified atom stereocenters. The molecule has 4 heteroatoms. The van der Waals surface area contributed by atoms with E-state index in [0.29, 0.717) is 17.8 Å². The highest BCUT2D eigenvalue weighted by Gasteiger charge is 2.20. The van der Waals surface area contributed by atoms with E-state index in [1.807, 2.05) is 61.5 Å². The molecular weight excluding hydrogens is 351 g/mol. The molecule has 0 N–H and O–H groups in total. The highest BCUT2D eigenvalue weighted by Crippen LogP contribution is 2.27. The normalized spacial score (nSPS) is 10.8. The number of nitrogens with zero attached hydrogens (tertiary/aromatic N) is 2. The van der Waals surface area contributed by atoms with E-state index in [4.69, 9.17) is 0 Å². The van der Waals surface area contributed by atoms with E-state index in [0.717, 1.165) is 22.2 Å². The van der Waals surface area contributed by atoms with E-state index < -0.39 is 0 Å². The van der Waals surface area contributed by atoms with Crippen LogP contribution >= 0.6 is 0 Å². The van der Waals surface area contributed by atoms with Crippen molar-refractivity contribution in [3.8, 4) is 11.3 Å². The number of para-hydroxylation sites is 2. The molecule has 3 aromatic carbocycles. The molecular formula is C24H19FN2O. The Balaban J connectivity index is 1.87. The van der Waals surface area contributed by atoms with Gasteiger partial charge in [-0.3, -0.25) is 4.79 Å². The van der Waals surface area contributed by atoms with Crippen molar-refractivity contribution >= 4 is 22.5 Å². The predicted molar refractivity (Wildman–Crippen MR) is 111 cm³/mol. The highest BCUT2D eigenvalue weighted by molar-refractivity contribution is 6.14. The summed E-state index contributed by atoms with van der Waals surface area (Å²) < 4.78 is 13.3. The van der Waals surface area contributed by atoms with Crippen LogP contribution in [0.5, 0.6) is 0 Å². The molecule has 0 aliphatic heterocycles. The van der Waals surface area contributed by atoms with Crippen LogP contribution in [-0.4, -0.2) is 17.4 Å². The summed E-state index contributed by atoms with van der Waals surface area (Å²) >= 11 is 0. The number of carbonyl (C=O) groups is 1. The summed E-state index contributed by atoms with van der Waals surface area (Å²) in [5, 5.41) is 0.799. The second-order valence-electron chi connectivity index (χ2n) is 6.46. The lowest BCUT2D eigenvalue weighted by molar-refractivity contribution is 0.0990. The Labute approximate surface area is 163 Å². The van der Waals surface area contributed by atoms with Crippen LogP contribution < -0.4 is 4.90 Å². The Bertz CT molecular complexity index is 1120. The van der Waals surface area contributed by atoms with Crippen molar-refractivity contribution in [1.82, 2.24) is 4.98 Å². The number of anilines is 1. The second-order valence-corrected chi connectivity index (χ2v) is 6.46. The van der Waals surface area contributed by atoms with Gasteiger partial charge in [0, 0.05) is 23.2 Å². The number of amides is 1. The largest absolute Gasteiger partial charge is 0.309 e. The Morgan fingerprint density at radius 2 is 1.61 bits per heavy atom. The van der Waals surface area contributed by atoms with E-state index in [-0.39, 0.29) is 11.7 Å². The average molecular weight is 370 g/mol. The molecule has 0 saturated carbocycles. The third-order valence-corrected chi connectivity index (χ3v) is 4.72. The minimum atomic E-state index is -0.304. The van der Waals surface area contributed by atoms with Gasteiger partial charge in [-0.15, -0.1) is 0 Å². The summed E-state index contributed by atoms with van der Waals surface area (Å²) in [5.41, 5.74) is 3.57. The van der Waals surface area contributed by atoms with Gasteiger partial charge in [0.1, 0.15) is 5.82 Å². The number of pyridine rings is 1. The molecule has 138 valence electrons. The summed E-state index contributed by atoms with van der Waals surface area (Å²) in [6.07, 6.45) is 0. The smallest absolute Gasteiger partial charge is 0.259 e. The van der Waals surface area contributed by atoms with Crippen molar-refractivity contribution in [2.45, 2.75) is 6.92 Å². The van der Waals surface area contributed by atoms with Gasteiger partial charge in [0.25, 0.3) is 5.91 Å². The number of halogens is 1. The van der Waals surface area contributed by atoms with Crippen LogP contribution in [0.1, 0.15) is 17.3 Å². The van der Waals surface area contributed by atoms with Gasteiger partial charge in [-0.05, 0) is 55.5 Å². The zero-order valence-corrected chi connectivity index (χ0v) is 15.5. The summed E-state index contributed by atoms with van der Waals surface area (Å²) in [6, 6.07) is 25.1. The van der Waals surface area contributed by atoms with E-state index in [1.165, 1.54) is 12.1 Å². The summed E-state index contributed by atoms with van der Waals surface area (Å²) in [4.78, 5) is 19.9. The first-order chi connectivity index (χ1) is 13.7. The van der Waals surface area contributed by atoms with Crippen LogP contribution in [0.25, 0.3) is 22.2 Å². The van der Waals surface area contributed by atoms with Gasteiger partial charge in [0.15, 0.2) is 0 Å². The number of carbonyl (C=O) groups excluding carboxylic acids is 1.